The molecule has 0 radical (unpaired) electrons. The zero-order chi connectivity index (χ0) is 24.6. The van der Waals surface area contributed by atoms with Gasteiger partial charge in [0.15, 0.2) is 11.4 Å². The van der Waals surface area contributed by atoms with Crippen LogP contribution >= 0.6 is 11.6 Å². The molecule has 1 aliphatic heterocycles. The van der Waals surface area contributed by atoms with Crippen molar-refractivity contribution in [1.29, 1.82) is 0 Å². The molecule has 34 heavy (non-hydrogen) atoms. The molecule has 1 saturated carbocycles. The van der Waals surface area contributed by atoms with Crippen LogP contribution in [0.15, 0.2) is 29.2 Å². The van der Waals surface area contributed by atoms with Crippen LogP contribution in [-0.4, -0.2) is 52.7 Å². The van der Waals surface area contributed by atoms with Crippen molar-refractivity contribution in [3.05, 3.63) is 62.3 Å². The summed E-state index contributed by atoms with van der Waals surface area (Å²) in [5.74, 6) is -2.38. The highest BCUT2D eigenvalue weighted by molar-refractivity contribution is 6.30. The van der Waals surface area contributed by atoms with Gasteiger partial charge in [-0.2, -0.15) is 0 Å². The van der Waals surface area contributed by atoms with Crippen molar-refractivity contribution >= 4 is 23.4 Å². The second-order valence-corrected chi connectivity index (χ2v) is 9.22. The van der Waals surface area contributed by atoms with Gasteiger partial charge in [0.05, 0.1) is 10.6 Å². The lowest BCUT2D eigenvalue weighted by Crippen LogP contribution is -2.61. The SMILES string of the molecule is CCOCC1CC2(C1)CN(CC)C(=O)c1c(O)c(=O)c(C(=O)NCc3cccc(Cl)c3F)cn12. The number of likely N-dealkylation sites (N-methyl/N-ethyl adjacent to an activating group) is 1. The predicted molar refractivity (Wildman–Crippen MR) is 124 cm³/mol. The van der Waals surface area contributed by atoms with Crippen molar-refractivity contribution in [1.82, 2.24) is 14.8 Å². The molecule has 0 atom stereocenters. The van der Waals surface area contributed by atoms with E-state index in [0.29, 0.717) is 39.1 Å². The normalized spacial score (nSPS) is 21.4. The number of halogens is 2. The number of fused-ring (bicyclic) bond motifs is 2. The topological polar surface area (TPSA) is 101 Å². The second-order valence-electron chi connectivity index (χ2n) is 8.81. The smallest absolute Gasteiger partial charge is 0.274 e. The number of hydrogen-bond donors (Lipinski definition) is 2. The Morgan fingerprint density at radius 2 is 2.06 bits per heavy atom. The third-order valence-corrected chi connectivity index (χ3v) is 6.95. The van der Waals surface area contributed by atoms with Crippen LogP contribution in [0, 0.1) is 11.7 Å². The highest BCUT2D eigenvalue weighted by Crippen LogP contribution is 2.48. The van der Waals surface area contributed by atoms with Crippen LogP contribution < -0.4 is 10.7 Å². The van der Waals surface area contributed by atoms with Gasteiger partial charge in [-0.05, 0) is 38.7 Å². The third-order valence-electron chi connectivity index (χ3n) is 6.66. The lowest BCUT2D eigenvalue weighted by molar-refractivity contribution is -0.0295. The van der Waals surface area contributed by atoms with E-state index in [4.69, 9.17) is 16.3 Å². The molecule has 8 nitrogen and oxygen atoms in total. The number of aromatic hydroxyl groups is 1. The standard InChI is InChI=1S/C24H27ClFN3O5/c1-3-28-13-24(8-14(9-24)12-34-4-2)29-11-16(20(30)21(31)19(29)23(28)33)22(32)27-10-15-6-5-7-17(25)18(15)26/h5-7,11,14,31H,3-4,8-10,12-13H2,1-2H3,(H,27,32). The maximum atomic E-state index is 14.2. The van der Waals surface area contributed by atoms with Crippen molar-refractivity contribution in [2.45, 2.75) is 38.8 Å². The van der Waals surface area contributed by atoms with E-state index in [1.807, 2.05) is 13.8 Å². The van der Waals surface area contributed by atoms with Crippen LogP contribution in [-0.2, 0) is 16.8 Å². The third kappa shape index (κ3) is 4.07. The zero-order valence-electron chi connectivity index (χ0n) is 19.1. The molecule has 2 amide bonds. The fourth-order valence-electron chi connectivity index (χ4n) is 4.95. The van der Waals surface area contributed by atoms with Crippen molar-refractivity contribution in [3.8, 4) is 5.75 Å². The molecule has 10 heteroatoms. The first-order valence-corrected chi connectivity index (χ1v) is 11.7. The molecule has 2 aromatic rings. The van der Waals surface area contributed by atoms with Gasteiger partial charge in [-0.3, -0.25) is 14.4 Å². The average Bonchev–Trinajstić information content (AvgIpc) is 2.80. The van der Waals surface area contributed by atoms with Crippen LogP contribution in [0.1, 0.15) is 53.1 Å². The molecule has 1 fully saturated rings. The Hall–Kier alpha value is -2.91. The fourth-order valence-corrected chi connectivity index (χ4v) is 5.14. The maximum Gasteiger partial charge on any atom is 0.274 e. The van der Waals surface area contributed by atoms with Gasteiger partial charge in [0.2, 0.25) is 5.43 Å². The van der Waals surface area contributed by atoms with Crippen LogP contribution in [0.4, 0.5) is 4.39 Å². The zero-order valence-corrected chi connectivity index (χ0v) is 19.8. The van der Waals surface area contributed by atoms with E-state index in [-0.39, 0.29) is 34.3 Å². The molecule has 0 saturated heterocycles. The van der Waals surface area contributed by atoms with Gasteiger partial charge in [0, 0.05) is 44.6 Å². The lowest BCUT2D eigenvalue weighted by atomic mass is 9.66. The number of nitrogens with one attached hydrogen (secondary N) is 1. The largest absolute Gasteiger partial charge is 0.503 e. The summed E-state index contributed by atoms with van der Waals surface area (Å²) in [6.45, 7) is 5.58. The van der Waals surface area contributed by atoms with Gasteiger partial charge in [0.1, 0.15) is 11.4 Å². The van der Waals surface area contributed by atoms with E-state index >= 15 is 0 Å². The molecule has 182 valence electrons. The number of ether oxygens (including phenoxy) is 1. The monoisotopic (exact) mass is 491 g/mol. The van der Waals surface area contributed by atoms with Crippen LogP contribution in [0.2, 0.25) is 5.02 Å². The van der Waals surface area contributed by atoms with E-state index in [1.165, 1.54) is 18.3 Å². The summed E-state index contributed by atoms with van der Waals surface area (Å²) in [6, 6.07) is 4.42. The minimum Gasteiger partial charge on any atom is -0.503 e. The highest BCUT2D eigenvalue weighted by atomic mass is 35.5. The number of amides is 2. The number of pyridine rings is 1. The summed E-state index contributed by atoms with van der Waals surface area (Å²) in [5, 5.41) is 13.2. The maximum absolute atomic E-state index is 14.2. The molecule has 2 heterocycles. The molecule has 1 aromatic carbocycles. The quantitative estimate of drug-likeness (QED) is 0.620. The molecule has 1 aromatic heterocycles. The first kappa shape index (κ1) is 24.2. The van der Waals surface area contributed by atoms with Gasteiger partial charge in [-0.15, -0.1) is 0 Å². The summed E-state index contributed by atoms with van der Waals surface area (Å²) in [5.41, 5.74) is -1.74. The number of nitrogens with zero attached hydrogens (tertiary/aromatic N) is 2. The van der Waals surface area contributed by atoms with Gasteiger partial charge < -0.3 is 24.6 Å². The molecule has 2 aliphatic rings. The Balaban J connectivity index is 1.67. The van der Waals surface area contributed by atoms with Crippen molar-refractivity contribution in [3.63, 3.8) is 0 Å². The van der Waals surface area contributed by atoms with E-state index in [2.05, 4.69) is 5.32 Å². The van der Waals surface area contributed by atoms with Gasteiger partial charge in [-0.1, -0.05) is 23.7 Å². The van der Waals surface area contributed by atoms with Gasteiger partial charge in [-0.25, -0.2) is 4.39 Å². The first-order chi connectivity index (χ1) is 16.2. The van der Waals surface area contributed by atoms with Crippen LogP contribution in [0.25, 0.3) is 0 Å². The summed E-state index contributed by atoms with van der Waals surface area (Å²) in [7, 11) is 0. The molecule has 1 spiro atoms. The first-order valence-electron chi connectivity index (χ1n) is 11.3. The molecule has 2 N–H and O–H groups in total. The number of hydrogen-bond acceptors (Lipinski definition) is 5. The van der Waals surface area contributed by atoms with Crippen molar-refractivity contribution < 1.29 is 23.8 Å². The van der Waals surface area contributed by atoms with Crippen molar-refractivity contribution in [2.24, 2.45) is 5.92 Å². The molecule has 0 unspecified atom stereocenters. The number of carbonyl (C=O) groups excluding carboxylic acids is 2. The molecular weight excluding hydrogens is 465 g/mol. The molecule has 0 bridgehead atoms. The number of benzene rings is 1. The minimum atomic E-state index is -0.943. The molecule has 4 rings (SSSR count). The highest BCUT2D eigenvalue weighted by Gasteiger charge is 2.52. The molecular formula is C24H27ClFN3O5. The number of aromatic nitrogens is 1. The lowest BCUT2D eigenvalue weighted by Gasteiger charge is -2.54. The number of carbonyl (C=O) groups is 2. The van der Waals surface area contributed by atoms with E-state index < -0.39 is 34.3 Å². The van der Waals surface area contributed by atoms with Crippen molar-refractivity contribution in [2.75, 3.05) is 26.3 Å². The predicted octanol–water partition coefficient (Wildman–Crippen LogP) is 2.89. The Kier molecular flexibility index (Phi) is 6.69. The summed E-state index contributed by atoms with van der Waals surface area (Å²) >= 11 is 5.79. The second kappa shape index (κ2) is 9.38. The number of rotatable bonds is 7. The Labute approximate surface area is 201 Å². The molecule has 1 aliphatic carbocycles. The van der Waals surface area contributed by atoms with Gasteiger partial charge >= 0.3 is 0 Å². The average molecular weight is 492 g/mol. The summed E-state index contributed by atoms with van der Waals surface area (Å²) in [4.78, 5) is 40.4. The van der Waals surface area contributed by atoms with Crippen LogP contribution in [0.5, 0.6) is 5.75 Å². The minimum absolute atomic E-state index is 0.0780. The van der Waals surface area contributed by atoms with E-state index in [1.54, 1.807) is 15.5 Å². The van der Waals surface area contributed by atoms with E-state index in [0.717, 1.165) is 0 Å². The Bertz CT molecular complexity index is 1190. The Morgan fingerprint density at radius 1 is 1.32 bits per heavy atom. The van der Waals surface area contributed by atoms with Gasteiger partial charge in [0.25, 0.3) is 11.8 Å². The summed E-state index contributed by atoms with van der Waals surface area (Å²) < 4.78 is 21.3. The fraction of sp³-hybridized carbons (Fsp3) is 0.458. The van der Waals surface area contributed by atoms with Crippen LogP contribution in [0.3, 0.4) is 0 Å². The Morgan fingerprint density at radius 3 is 2.74 bits per heavy atom. The summed E-state index contributed by atoms with van der Waals surface area (Å²) in [6.07, 6.45) is 2.71. The van der Waals surface area contributed by atoms with E-state index in [9.17, 15) is 23.9 Å².